The average Bonchev–Trinajstić information content (AvgIpc) is 2.65. The molecule has 3 aromatic carbocycles. The Morgan fingerprint density at radius 1 is 0.760 bits per heavy atom. The standard InChI is InChI=1S/C23H25NO/c1-19-7-5-11-22(15-19)18-25-23-12-6-10-21(16-23)17-24-14-13-20-8-3-2-4-9-20/h2-12,15-16,24H,13-14,17-18H2,1H3. The van der Waals surface area contributed by atoms with E-state index in [1.54, 1.807) is 0 Å². The van der Waals surface area contributed by atoms with Gasteiger partial charge in [-0.1, -0.05) is 72.3 Å². The summed E-state index contributed by atoms with van der Waals surface area (Å²) in [4.78, 5) is 0. The van der Waals surface area contributed by atoms with Crippen LogP contribution in [0, 0.1) is 6.92 Å². The third-order valence-electron chi connectivity index (χ3n) is 4.15. The van der Waals surface area contributed by atoms with Crippen molar-refractivity contribution in [3.63, 3.8) is 0 Å². The van der Waals surface area contributed by atoms with Crippen LogP contribution in [0.2, 0.25) is 0 Å². The summed E-state index contributed by atoms with van der Waals surface area (Å²) >= 11 is 0. The molecule has 0 spiro atoms. The first-order valence-corrected chi connectivity index (χ1v) is 8.81. The molecule has 0 saturated carbocycles. The van der Waals surface area contributed by atoms with Gasteiger partial charge in [0.05, 0.1) is 0 Å². The molecule has 128 valence electrons. The number of benzene rings is 3. The van der Waals surface area contributed by atoms with Gasteiger partial charge in [-0.15, -0.1) is 0 Å². The summed E-state index contributed by atoms with van der Waals surface area (Å²) in [6.45, 7) is 4.53. The van der Waals surface area contributed by atoms with Crippen molar-refractivity contribution < 1.29 is 4.74 Å². The third-order valence-corrected chi connectivity index (χ3v) is 4.15. The number of nitrogens with one attached hydrogen (secondary N) is 1. The number of hydrogen-bond acceptors (Lipinski definition) is 2. The van der Waals surface area contributed by atoms with Gasteiger partial charge in [-0.2, -0.15) is 0 Å². The lowest BCUT2D eigenvalue weighted by Crippen LogP contribution is -2.16. The Labute approximate surface area is 150 Å². The zero-order chi connectivity index (χ0) is 17.3. The molecule has 0 unspecified atom stereocenters. The summed E-state index contributed by atoms with van der Waals surface area (Å²) in [5.41, 5.74) is 5.07. The van der Waals surface area contributed by atoms with Crippen molar-refractivity contribution in [3.05, 3.63) is 101 Å². The van der Waals surface area contributed by atoms with Crippen molar-refractivity contribution in [3.8, 4) is 5.75 Å². The maximum atomic E-state index is 5.94. The van der Waals surface area contributed by atoms with Crippen LogP contribution in [0.3, 0.4) is 0 Å². The summed E-state index contributed by atoms with van der Waals surface area (Å²) in [6, 6.07) is 27.3. The van der Waals surface area contributed by atoms with Gasteiger partial charge in [-0.05, 0) is 48.7 Å². The Morgan fingerprint density at radius 3 is 2.36 bits per heavy atom. The lowest BCUT2D eigenvalue weighted by atomic mass is 10.1. The van der Waals surface area contributed by atoms with E-state index in [4.69, 9.17) is 4.74 Å². The third kappa shape index (κ3) is 5.77. The minimum Gasteiger partial charge on any atom is -0.489 e. The highest BCUT2D eigenvalue weighted by molar-refractivity contribution is 5.29. The van der Waals surface area contributed by atoms with Crippen LogP contribution in [0.25, 0.3) is 0 Å². The molecule has 0 aliphatic carbocycles. The summed E-state index contributed by atoms with van der Waals surface area (Å²) in [5, 5.41) is 3.50. The lowest BCUT2D eigenvalue weighted by Gasteiger charge is -2.10. The van der Waals surface area contributed by atoms with Crippen LogP contribution in [0.1, 0.15) is 22.3 Å². The second-order valence-electron chi connectivity index (χ2n) is 6.34. The molecule has 0 aliphatic rings. The van der Waals surface area contributed by atoms with Crippen molar-refractivity contribution in [2.75, 3.05) is 6.54 Å². The predicted molar refractivity (Wildman–Crippen MR) is 104 cm³/mol. The Morgan fingerprint density at radius 2 is 1.52 bits per heavy atom. The Bertz CT molecular complexity index is 783. The van der Waals surface area contributed by atoms with Gasteiger partial charge in [0, 0.05) is 6.54 Å². The summed E-state index contributed by atoms with van der Waals surface area (Å²) < 4.78 is 5.94. The van der Waals surface area contributed by atoms with Gasteiger partial charge in [0.15, 0.2) is 0 Å². The van der Waals surface area contributed by atoms with Crippen molar-refractivity contribution in [2.24, 2.45) is 0 Å². The molecule has 3 rings (SSSR count). The molecular weight excluding hydrogens is 306 g/mol. The largest absolute Gasteiger partial charge is 0.489 e. The second-order valence-corrected chi connectivity index (χ2v) is 6.34. The molecule has 3 aromatic rings. The minimum absolute atomic E-state index is 0.604. The second kappa shape index (κ2) is 9.05. The van der Waals surface area contributed by atoms with E-state index in [9.17, 15) is 0 Å². The van der Waals surface area contributed by atoms with Crippen molar-refractivity contribution in [1.29, 1.82) is 0 Å². The Hall–Kier alpha value is -2.58. The SMILES string of the molecule is Cc1cccc(COc2cccc(CNCCc3ccccc3)c2)c1. The van der Waals surface area contributed by atoms with Crippen LogP contribution in [0.15, 0.2) is 78.9 Å². The van der Waals surface area contributed by atoms with Gasteiger partial charge in [-0.25, -0.2) is 0 Å². The van der Waals surface area contributed by atoms with E-state index in [2.05, 4.69) is 85.0 Å². The van der Waals surface area contributed by atoms with Crippen LogP contribution in [0.5, 0.6) is 5.75 Å². The van der Waals surface area contributed by atoms with Crippen LogP contribution >= 0.6 is 0 Å². The monoisotopic (exact) mass is 331 g/mol. The highest BCUT2D eigenvalue weighted by atomic mass is 16.5. The fraction of sp³-hybridized carbons (Fsp3) is 0.217. The fourth-order valence-electron chi connectivity index (χ4n) is 2.82. The Balaban J connectivity index is 1.46. The zero-order valence-corrected chi connectivity index (χ0v) is 14.7. The highest BCUT2D eigenvalue weighted by Crippen LogP contribution is 2.15. The molecule has 0 aromatic heterocycles. The molecule has 2 nitrogen and oxygen atoms in total. The zero-order valence-electron chi connectivity index (χ0n) is 14.7. The molecule has 0 radical (unpaired) electrons. The van der Waals surface area contributed by atoms with Crippen molar-refractivity contribution in [1.82, 2.24) is 5.32 Å². The molecule has 0 atom stereocenters. The lowest BCUT2D eigenvalue weighted by molar-refractivity contribution is 0.306. The minimum atomic E-state index is 0.604. The van der Waals surface area contributed by atoms with Crippen LogP contribution < -0.4 is 10.1 Å². The number of hydrogen-bond donors (Lipinski definition) is 1. The molecule has 1 N–H and O–H groups in total. The Kier molecular flexibility index (Phi) is 6.24. The maximum absolute atomic E-state index is 5.94. The van der Waals surface area contributed by atoms with Crippen LogP contribution in [0.4, 0.5) is 0 Å². The predicted octanol–water partition coefficient (Wildman–Crippen LogP) is 4.91. The molecule has 0 aliphatic heterocycles. The molecular formula is C23H25NO. The van der Waals surface area contributed by atoms with Crippen molar-refractivity contribution in [2.45, 2.75) is 26.5 Å². The number of aryl methyl sites for hydroxylation is 1. The molecule has 0 heterocycles. The van der Waals surface area contributed by atoms with Gasteiger partial charge < -0.3 is 10.1 Å². The van der Waals surface area contributed by atoms with Gasteiger partial charge >= 0.3 is 0 Å². The van der Waals surface area contributed by atoms with Gasteiger partial charge in [0.2, 0.25) is 0 Å². The average molecular weight is 331 g/mol. The van der Waals surface area contributed by atoms with E-state index < -0.39 is 0 Å². The molecule has 0 bridgehead atoms. The first-order chi connectivity index (χ1) is 12.3. The normalized spacial score (nSPS) is 10.6. The van der Waals surface area contributed by atoms with Crippen LogP contribution in [-0.2, 0) is 19.6 Å². The molecule has 2 heteroatoms. The topological polar surface area (TPSA) is 21.3 Å². The molecule has 0 amide bonds. The van der Waals surface area contributed by atoms with E-state index in [0.29, 0.717) is 6.61 Å². The van der Waals surface area contributed by atoms with E-state index in [-0.39, 0.29) is 0 Å². The molecule has 25 heavy (non-hydrogen) atoms. The van der Waals surface area contributed by atoms with E-state index >= 15 is 0 Å². The van der Waals surface area contributed by atoms with Gasteiger partial charge in [0.25, 0.3) is 0 Å². The number of ether oxygens (including phenoxy) is 1. The maximum Gasteiger partial charge on any atom is 0.120 e. The smallest absolute Gasteiger partial charge is 0.120 e. The number of rotatable bonds is 8. The quantitative estimate of drug-likeness (QED) is 0.592. The van der Waals surface area contributed by atoms with Crippen LogP contribution in [-0.4, -0.2) is 6.54 Å². The highest BCUT2D eigenvalue weighted by Gasteiger charge is 1.99. The van der Waals surface area contributed by atoms with Crippen molar-refractivity contribution >= 4 is 0 Å². The molecule has 0 fully saturated rings. The summed E-state index contributed by atoms with van der Waals surface area (Å²) in [7, 11) is 0. The summed E-state index contributed by atoms with van der Waals surface area (Å²) in [6.07, 6.45) is 1.05. The first kappa shape index (κ1) is 17.2. The van der Waals surface area contributed by atoms with Gasteiger partial charge in [-0.3, -0.25) is 0 Å². The van der Waals surface area contributed by atoms with E-state index in [0.717, 1.165) is 25.3 Å². The van der Waals surface area contributed by atoms with E-state index in [1.807, 2.05) is 6.07 Å². The van der Waals surface area contributed by atoms with E-state index in [1.165, 1.54) is 22.3 Å². The first-order valence-electron chi connectivity index (χ1n) is 8.81. The van der Waals surface area contributed by atoms with Gasteiger partial charge in [0.1, 0.15) is 12.4 Å². The fourth-order valence-corrected chi connectivity index (χ4v) is 2.82. The molecule has 0 saturated heterocycles. The summed E-state index contributed by atoms with van der Waals surface area (Å²) in [5.74, 6) is 0.920.